The van der Waals surface area contributed by atoms with Crippen molar-refractivity contribution in [2.24, 2.45) is 5.73 Å². The monoisotopic (exact) mass is 301 g/mol. The van der Waals surface area contributed by atoms with Gasteiger partial charge in [0.25, 0.3) is 0 Å². The molecule has 0 spiro atoms. The Bertz CT molecular complexity index is 457. The van der Waals surface area contributed by atoms with Crippen LogP contribution in [0.15, 0.2) is 24.3 Å². The van der Waals surface area contributed by atoms with Gasteiger partial charge in [-0.25, -0.2) is 9.59 Å². The Kier molecular flexibility index (Phi) is 7.99. The molecule has 7 N–H and O–H groups in total. The molecule has 3 atom stereocenters. The van der Waals surface area contributed by atoms with Crippen LogP contribution in [0.1, 0.15) is 12.5 Å². The van der Waals surface area contributed by atoms with Gasteiger partial charge in [0.2, 0.25) is 0 Å². The van der Waals surface area contributed by atoms with Crippen molar-refractivity contribution in [3.05, 3.63) is 29.8 Å². The van der Waals surface area contributed by atoms with Crippen LogP contribution in [0, 0.1) is 0 Å². The van der Waals surface area contributed by atoms with Crippen molar-refractivity contribution in [1.29, 1.82) is 0 Å². The Morgan fingerprint density at radius 2 is 1.62 bits per heavy atom. The van der Waals surface area contributed by atoms with Crippen LogP contribution in [0.2, 0.25) is 0 Å². The maximum Gasteiger partial charge on any atom is 0.335 e. The second kappa shape index (κ2) is 8.90. The van der Waals surface area contributed by atoms with Gasteiger partial charge in [-0.05, 0) is 31.0 Å². The van der Waals surface area contributed by atoms with Crippen LogP contribution in [-0.4, -0.2) is 55.7 Å². The lowest BCUT2D eigenvalue weighted by molar-refractivity contribution is -0.165. The van der Waals surface area contributed by atoms with Gasteiger partial charge in [0.15, 0.2) is 12.2 Å². The van der Waals surface area contributed by atoms with E-state index in [2.05, 4.69) is 0 Å². The first kappa shape index (κ1) is 18.8. The van der Waals surface area contributed by atoms with E-state index in [-0.39, 0.29) is 6.04 Å². The summed E-state index contributed by atoms with van der Waals surface area (Å²) < 4.78 is 0. The summed E-state index contributed by atoms with van der Waals surface area (Å²) in [5, 5.41) is 41.6. The van der Waals surface area contributed by atoms with Crippen molar-refractivity contribution < 1.29 is 35.1 Å². The fourth-order valence-electron chi connectivity index (χ4n) is 1.33. The van der Waals surface area contributed by atoms with Gasteiger partial charge in [-0.15, -0.1) is 0 Å². The second-order valence-electron chi connectivity index (χ2n) is 4.42. The van der Waals surface area contributed by atoms with E-state index in [9.17, 15) is 9.59 Å². The number of benzene rings is 1. The van der Waals surface area contributed by atoms with Gasteiger partial charge in [-0.2, -0.15) is 0 Å². The Morgan fingerprint density at radius 3 is 1.95 bits per heavy atom. The molecule has 2 unspecified atom stereocenters. The van der Waals surface area contributed by atoms with Gasteiger partial charge >= 0.3 is 11.9 Å². The van der Waals surface area contributed by atoms with Crippen LogP contribution >= 0.6 is 0 Å². The van der Waals surface area contributed by atoms with Gasteiger partial charge in [-0.3, -0.25) is 0 Å². The summed E-state index contributed by atoms with van der Waals surface area (Å²) in [7, 11) is 0. The van der Waals surface area contributed by atoms with Crippen molar-refractivity contribution in [2.75, 3.05) is 0 Å². The summed E-state index contributed by atoms with van der Waals surface area (Å²) in [5.41, 5.74) is 6.68. The highest BCUT2D eigenvalue weighted by atomic mass is 16.4. The molecule has 0 bridgehead atoms. The van der Waals surface area contributed by atoms with Gasteiger partial charge in [0.1, 0.15) is 5.75 Å². The zero-order valence-electron chi connectivity index (χ0n) is 11.4. The minimum Gasteiger partial charge on any atom is -0.508 e. The average Bonchev–Trinajstić information content (AvgIpc) is 2.36. The number of phenols is 1. The van der Waals surface area contributed by atoms with Crippen molar-refractivity contribution in [3.63, 3.8) is 0 Å². The predicted octanol–water partition coefficient (Wildman–Crippen LogP) is -0.841. The molecule has 0 aliphatic heterocycles. The number of aromatic hydroxyl groups is 1. The van der Waals surface area contributed by atoms with E-state index < -0.39 is 24.1 Å². The molecule has 0 aliphatic rings. The van der Waals surface area contributed by atoms with E-state index in [0.29, 0.717) is 5.75 Å². The van der Waals surface area contributed by atoms with E-state index in [0.717, 1.165) is 12.0 Å². The largest absolute Gasteiger partial charge is 0.508 e. The van der Waals surface area contributed by atoms with Gasteiger partial charge in [0, 0.05) is 6.04 Å². The SMILES string of the molecule is C[C@H](N)Cc1cccc(O)c1.O=C(O)C(O)C(O)C(=O)O. The first-order valence-corrected chi connectivity index (χ1v) is 6.00. The number of aliphatic carboxylic acids is 2. The number of aliphatic hydroxyl groups is 2. The molecule has 0 aromatic heterocycles. The molecule has 21 heavy (non-hydrogen) atoms. The Hall–Kier alpha value is -2.16. The third-order valence-corrected chi connectivity index (χ3v) is 2.27. The lowest BCUT2D eigenvalue weighted by Gasteiger charge is -2.07. The average molecular weight is 301 g/mol. The first-order chi connectivity index (χ1) is 9.65. The molecule has 0 saturated heterocycles. The number of carboxylic acid groups (broad SMARTS) is 2. The molecule has 0 radical (unpaired) electrons. The standard InChI is InChI=1S/C9H13NO.C4H6O6/c1-7(10)5-8-3-2-4-9(11)6-8;5-1(3(7)8)2(6)4(9)10/h2-4,6-7,11H,5,10H2,1H3;1-2,5-6H,(H,7,8)(H,9,10)/t7-;/m0./s1. The summed E-state index contributed by atoms with van der Waals surface area (Å²) in [6, 6.07) is 7.33. The normalized spacial score (nSPS) is 14.3. The number of rotatable bonds is 5. The number of nitrogens with two attached hydrogens (primary N) is 1. The molecule has 0 fully saturated rings. The van der Waals surface area contributed by atoms with Crippen LogP contribution in [-0.2, 0) is 16.0 Å². The topological polar surface area (TPSA) is 161 Å². The molecule has 1 aromatic rings. The van der Waals surface area contributed by atoms with Crippen LogP contribution < -0.4 is 5.73 Å². The third-order valence-electron chi connectivity index (χ3n) is 2.27. The van der Waals surface area contributed by atoms with E-state index in [1.54, 1.807) is 12.1 Å². The molecule has 0 heterocycles. The number of hydrogen-bond donors (Lipinski definition) is 6. The zero-order valence-corrected chi connectivity index (χ0v) is 11.4. The lowest BCUT2D eigenvalue weighted by atomic mass is 10.1. The Morgan fingerprint density at radius 1 is 1.14 bits per heavy atom. The highest BCUT2D eigenvalue weighted by Gasteiger charge is 2.29. The van der Waals surface area contributed by atoms with Crippen molar-refractivity contribution in [3.8, 4) is 5.75 Å². The van der Waals surface area contributed by atoms with E-state index in [1.165, 1.54) is 0 Å². The minimum atomic E-state index is -2.27. The van der Waals surface area contributed by atoms with Crippen LogP contribution in [0.4, 0.5) is 0 Å². The van der Waals surface area contributed by atoms with Crippen molar-refractivity contribution >= 4 is 11.9 Å². The second-order valence-corrected chi connectivity index (χ2v) is 4.42. The fourth-order valence-corrected chi connectivity index (χ4v) is 1.33. The molecule has 8 nitrogen and oxygen atoms in total. The molecule has 0 saturated carbocycles. The van der Waals surface area contributed by atoms with Crippen molar-refractivity contribution in [1.82, 2.24) is 0 Å². The molecule has 118 valence electrons. The number of aliphatic hydroxyl groups excluding tert-OH is 2. The van der Waals surface area contributed by atoms with Crippen LogP contribution in [0.3, 0.4) is 0 Å². The smallest absolute Gasteiger partial charge is 0.335 e. The highest BCUT2D eigenvalue weighted by Crippen LogP contribution is 2.11. The molecule has 0 amide bonds. The highest BCUT2D eigenvalue weighted by molar-refractivity contribution is 5.83. The quantitative estimate of drug-likeness (QED) is 0.410. The van der Waals surface area contributed by atoms with Crippen molar-refractivity contribution in [2.45, 2.75) is 31.6 Å². The number of carboxylic acids is 2. The van der Waals surface area contributed by atoms with E-state index in [1.807, 2.05) is 19.1 Å². The van der Waals surface area contributed by atoms with Gasteiger partial charge in [0.05, 0.1) is 0 Å². The van der Waals surface area contributed by atoms with E-state index >= 15 is 0 Å². The fraction of sp³-hybridized carbons (Fsp3) is 0.385. The summed E-state index contributed by atoms with van der Waals surface area (Å²) >= 11 is 0. The summed E-state index contributed by atoms with van der Waals surface area (Å²) in [4.78, 5) is 19.5. The summed E-state index contributed by atoms with van der Waals surface area (Å²) in [5.74, 6) is -3.23. The van der Waals surface area contributed by atoms with Gasteiger partial charge in [-0.1, -0.05) is 12.1 Å². The number of phenolic OH excluding ortho intramolecular Hbond substituents is 1. The Labute approximate surface area is 121 Å². The van der Waals surface area contributed by atoms with Crippen LogP contribution in [0.5, 0.6) is 5.75 Å². The van der Waals surface area contributed by atoms with Gasteiger partial charge < -0.3 is 31.3 Å². The predicted molar refractivity (Wildman–Crippen MR) is 72.7 cm³/mol. The number of carbonyl (C=O) groups is 2. The molecule has 1 rings (SSSR count). The minimum absolute atomic E-state index is 0.150. The maximum atomic E-state index is 9.77. The lowest BCUT2D eigenvalue weighted by Crippen LogP contribution is -2.39. The molecular formula is C13H19NO7. The van der Waals surface area contributed by atoms with Crippen LogP contribution in [0.25, 0.3) is 0 Å². The summed E-state index contributed by atoms with van der Waals surface area (Å²) in [6.45, 7) is 1.95. The maximum absolute atomic E-state index is 9.77. The zero-order chi connectivity index (χ0) is 16.6. The van der Waals surface area contributed by atoms with E-state index in [4.69, 9.17) is 31.3 Å². The summed E-state index contributed by atoms with van der Waals surface area (Å²) in [6.07, 6.45) is -3.72. The first-order valence-electron chi connectivity index (χ1n) is 6.00. The molecule has 1 aromatic carbocycles. The number of hydrogen-bond acceptors (Lipinski definition) is 6. The molecular weight excluding hydrogens is 282 g/mol. The Balaban J connectivity index is 0.000000384. The molecule has 0 aliphatic carbocycles. The molecule has 8 heteroatoms. The third kappa shape index (κ3) is 7.88.